The first-order valence-corrected chi connectivity index (χ1v) is 5.57. The average Bonchev–Trinajstić information content (AvgIpc) is 2.43. The molecule has 15 heavy (non-hydrogen) atoms. The van der Waals surface area contributed by atoms with Gasteiger partial charge in [-0.25, -0.2) is 4.79 Å². The van der Waals surface area contributed by atoms with Crippen molar-refractivity contribution in [3.8, 4) is 0 Å². The molecule has 0 bridgehead atoms. The highest BCUT2D eigenvalue weighted by atomic mass is 16.1. The molecule has 0 amide bonds. The van der Waals surface area contributed by atoms with Crippen molar-refractivity contribution in [1.29, 1.82) is 0 Å². The Bertz CT molecular complexity index is 397. The van der Waals surface area contributed by atoms with E-state index in [1.54, 1.807) is 0 Å². The lowest BCUT2D eigenvalue weighted by Crippen LogP contribution is -2.21. The van der Waals surface area contributed by atoms with E-state index in [9.17, 15) is 4.79 Å². The third-order valence-corrected chi connectivity index (χ3v) is 2.90. The summed E-state index contributed by atoms with van der Waals surface area (Å²) in [4.78, 5) is 18.3. The fraction of sp³-hybridized carbons (Fsp3) is 0.636. The van der Waals surface area contributed by atoms with Crippen LogP contribution in [0.25, 0.3) is 0 Å². The van der Waals surface area contributed by atoms with Gasteiger partial charge in [-0.1, -0.05) is 6.42 Å². The summed E-state index contributed by atoms with van der Waals surface area (Å²) >= 11 is 0. The molecule has 0 fully saturated rings. The Kier molecular flexibility index (Phi) is 3.16. The Morgan fingerprint density at radius 1 is 1.33 bits per heavy atom. The van der Waals surface area contributed by atoms with Crippen LogP contribution in [0.3, 0.4) is 0 Å². The van der Waals surface area contributed by atoms with E-state index in [0.29, 0.717) is 6.54 Å². The highest BCUT2D eigenvalue weighted by molar-refractivity contribution is 5.26. The van der Waals surface area contributed by atoms with Crippen LogP contribution >= 0.6 is 0 Å². The number of nitrogens with one attached hydrogen (secondary N) is 2. The summed E-state index contributed by atoms with van der Waals surface area (Å²) in [5, 5.41) is 3.07. The summed E-state index contributed by atoms with van der Waals surface area (Å²) in [6, 6.07) is 0. The van der Waals surface area contributed by atoms with Gasteiger partial charge in [-0.2, -0.15) is 4.98 Å². The highest BCUT2D eigenvalue weighted by Crippen LogP contribution is 2.19. The number of hydrogen-bond donors (Lipinski definition) is 2. The minimum atomic E-state index is -0.208. The molecule has 0 saturated carbocycles. The highest BCUT2D eigenvalue weighted by Gasteiger charge is 2.14. The van der Waals surface area contributed by atoms with Crippen molar-refractivity contribution < 1.29 is 0 Å². The van der Waals surface area contributed by atoms with Crippen LogP contribution in [0.4, 0.5) is 0 Å². The third kappa shape index (κ3) is 2.26. The molecule has 1 aliphatic rings. The van der Waals surface area contributed by atoms with Gasteiger partial charge in [0.2, 0.25) is 0 Å². The predicted molar refractivity (Wildman–Crippen MR) is 58.9 cm³/mol. The molecular weight excluding hydrogens is 190 g/mol. The van der Waals surface area contributed by atoms with E-state index in [-0.39, 0.29) is 5.69 Å². The molecule has 2 N–H and O–H groups in total. The number of aryl methyl sites for hydroxylation is 1. The van der Waals surface area contributed by atoms with E-state index in [4.69, 9.17) is 0 Å². The van der Waals surface area contributed by atoms with Gasteiger partial charge in [0, 0.05) is 12.2 Å². The second-order valence-corrected chi connectivity index (χ2v) is 4.04. The molecule has 82 valence electrons. The summed E-state index contributed by atoms with van der Waals surface area (Å²) in [5.74, 6) is 0. The smallest absolute Gasteiger partial charge is 0.314 e. The zero-order valence-electron chi connectivity index (χ0n) is 9.10. The Hall–Kier alpha value is -1.16. The first kappa shape index (κ1) is 10.4. The zero-order chi connectivity index (χ0) is 10.7. The Morgan fingerprint density at radius 3 is 2.93 bits per heavy atom. The fourth-order valence-corrected chi connectivity index (χ4v) is 2.20. The quantitative estimate of drug-likeness (QED) is 0.704. The van der Waals surface area contributed by atoms with Crippen LogP contribution in [0.15, 0.2) is 4.79 Å². The van der Waals surface area contributed by atoms with Gasteiger partial charge in [0.05, 0.1) is 5.69 Å². The second-order valence-electron chi connectivity index (χ2n) is 4.04. The van der Waals surface area contributed by atoms with E-state index in [1.807, 2.05) is 7.05 Å². The summed E-state index contributed by atoms with van der Waals surface area (Å²) in [7, 11) is 1.88. The monoisotopic (exact) mass is 207 g/mol. The van der Waals surface area contributed by atoms with Crippen LogP contribution in [-0.4, -0.2) is 17.0 Å². The van der Waals surface area contributed by atoms with Crippen molar-refractivity contribution in [2.45, 2.75) is 38.6 Å². The molecule has 4 heteroatoms. The molecule has 0 atom stereocenters. The van der Waals surface area contributed by atoms with Gasteiger partial charge in [-0.05, 0) is 38.3 Å². The molecule has 0 saturated heterocycles. The van der Waals surface area contributed by atoms with Crippen molar-refractivity contribution in [2.24, 2.45) is 0 Å². The van der Waals surface area contributed by atoms with Crippen molar-refractivity contribution in [3.63, 3.8) is 0 Å². The minimum Gasteiger partial charge on any atom is -0.314 e. The van der Waals surface area contributed by atoms with Crippen molar-refractivity contribution >= 4 is 0 Å². The first-order chi connectivity index (χ1) is 7.31. The maximum absolute atomic E-state index is 11.4. The number of aromatic nitrogens is 2. The first-order valence-electron chi connectivity index (χ1n) is 5.57. The van der Waals surface area contributed by atoms with Crippen LogP contribution < -0.4 is 11.0 Å². The molecule has 2 rings (SSSR count). The van der Waals surface area contributed by atoms with E-state index < -0.39 is 0 Å². The van der Waals surface area contributed by atoms with Crippen LogP contribution in [0.5, 0.6) is 0 Å². The Balaban J connectivity index is 2.45. The predicted octanol–water partition coefficient (Wildman–Crippen LogP) is 0.758. The largest absolute Gasteiger partial charge is 0.345 e. The number of fused-ring (bicyclic) bond motifs is 1. The van der Waals surface area contributed by atoms with Gasteiger partial charge >= 0.3 is 5.69 Å². The van der Waals surface area contributed by atoms with Gasteiger partial charge in [-0.15, -0.1) is 0 Å². The van der Waals surface area contributed by atoms with Gasteiger partial charge in [0.15, 0.2) is 0 Å². The molecule has 1 aliphatic carbocycles. The number of rotatable bonds is 2. The normalized spacial score (nSPS) is 15.8. The zero-order valence-corrected chi connectivity index (χ0v) is 9.10. The van der Waals surface area contributed by atoms with E-state index in [1.165, 1.54) is 24.8 Å². The van der Waals surface area contributed by atoms with E-state index in [2.05, 4.69) is 15.3 Å². The van der Waals surface area contributed by atoms with E-state index >= 15 is 0 Å². The lowest BCUT2D eigenvalue weighted by Gasteiger charge is -2.09. The maximum Gasteiger partial charge on any atom is 0.345 e. The van der Waals surface area contributed by atoms with E-state index in [0.717, 1.165) is 24.2 Å². The molecule has 0 unspecified atom stereocenters. The molecule has 1 aromatic heterocycles. The Labute approximate surface area is 89.1 Å². The van der Waals surface area contributed by atoms with Gasteiger partial charge in [0.1, 0.15) is 0 Å². The molecule has 4 nitrogen and oxygen atoms in total. The second kappa shape index (κ2) is 4.57. The maximum atomic E-state index is 11.4. The molecule has 1 aromatic rings. The van der Waals surface area contributed by atoms with Crippen molar-refractivity contribution in [3.05, 3.63) is 27.4 Å². The van der Waals surface area contributed by atoms with Gasteiger partial charge < -0.3 is 10.3 Å². The summed E-state index contributed by atoms with van der Waals surface area (Å²) < 4.78 is 0. The topological polar surface area (TPSA) is 57.8 Å². The number of hydrogen-bond acceptors (Lipinski definition) is 3. The Morgan fingerprint density at radius 2 is 2.13 bits per heavy atom. The van der Waals surface area contributed by atoms with Crippen LogP contribution in [0.2, 0.25) is 0 Å². The third-order valence-electron chi connectivity index (χ3n) is 2.90. The number of aromatic amines is 1. The van der Waals surface area contributed by atoms with Crippen molar-refractivity contribution in [1.82, 2.24) is 15.3 Å². The molecular formula is C11H17N3O. The van der Waals surface area contributed by atoms with Crippen LogP contribution in [0.1, 0.15) is 36.2 Å². The molecule has 1 heterocycles. The standard InChI is InChI=1S/C11H17N3O/c1-12-7-10-8-5-3-2-4-6-9(8)13-11(15)14-10/h12H,2-7H2,1H3,(H,13,14,15). The van der Waals surface area contributed by atoms with Gasteiger partial charge in [-0.3, -0.25) is 0 Å². The van der Waals surface area contributed by atoms with Crippen LogP contribution in [0, 0.1) is 0 Å². The van der Waals surface area contributed by atoms with Gasteiger partial charge in [0.25, 0.3) is 0 Å². The van der Waals surface area contributed by atoms with Crippen molar-refractivity contribution in [2.75, 3.05) is 7.05 Å². The molecule has 0 radical (unpaired) electrons. The van der Waals surface area contributed by atoms with Crippen LogP contribution in [-0.2, 0) is 19.4 Å². The SMILES string of the molecule is CNCc1nc(=O)[nH]c2c1CCCCC2. The summed E-state index contributed by atoms with van der Waals surface area (Å²) in [6.07, 6.45) is 5.67. The summed E-state index contributed by atoms with van der Waals surface area (Å²) in [5.41, 5.74) is 3.10. The lowest BCUT2D eigenvalue weighted by molar-refractivity contribution is 0.705. The lowest BCUT2D eigenvalue weighted by atomic mass is 10.1. The fourth-order valence-electron chi connectivity index (χ4n) is 2.20. The molecule has 0 aliphatic heterocycles. The number of H-pyrrole nitrogens is 1. The minimum absolute atomic E-state index is 0.208. The summed E-state index contributed by atoms with van der Waals surface area (Å²) in [6.45, 7) is 0.687. The molecule has 0 spiro atoms. The average molecular weight is 207 g/mol. The number of nitrogens with zero attached hydrogens (tertiary/aromatic N) is 1. The molecule has 0 aromatic carbocycles.